The van der Waals surface area contributed by atoms with Crippen LogP contribution in [-0.2, 0) is 4.79 Å². The molecular formula is C20H16ClF3N4O3S. The maximum Gasteiger partial charge on any atom is 0.387 e. The number of carbonyl (C=O) groups excluding carboxylic acids is 2. The first-order valence-corrected chi connectivity index (χ1v) is 10.2. The Bertz CT molecular complexity index is 1160. The van der Waals surface area contributed by atoms with Crippen LogP contribution in [0.25, 0.3) is 0 Å². The quantitative estimate of drug-likeness (QED) is 0.459. The fourth-order valence-corrected chi connectivity index (χ4v) is 3.95. The molecule has 1 heterocycles. The first kappa shape index (κ1) is 23.4. The third-order valence-corrected chi connectivity index (χ3v) is 5.69. The van der Waals surface area contributed by atoms with Crippen molar-refractivity contribution in [3.05, 3.63) is 63.7 Å². The summed E-state index contributed by atoms with van der Waals surface area (Å²) in [7, 11) is 0. The minimum Gasteiger partial charge on any atom is -0.432 e. The number of rotatable bonds is 8. The van der Waals surface area contributed by atoms with Gasteiger partial charge < -0.3 is 21.1 Å². The van der Waals surface area contributed by atoms with Gasteiger partial charge in [-0.2, -0.15) is 8.78 Å². The van der Waals surface area contributed by atoms with E-state index in [-0.39, 0.29) is 21.5 Å². The van der Waals surface area contributed by atoms with Gasteiger partial charge in [0.15, 0.2) is 16.7 Å². The summed E-state index contributed by atoms with van der Waals surface area (Å²) < 4.78 is 43.3. The van der Waals surface area contributed by atoms with Crippen LogP contribution in [0.4, 0.5) is 29.8 Å². The molecule has 0 fully saturated rings. The second kappa shape index (κ2) is 9.45. The lowest BCUT2D eigenvalue weighted by molar-refractivity contribution is -0.118. The number of thiazole rings is 1. The van der Waals surface area contributed by atoms with E-state index in [1.165, 1.54) is 30.0 Å². The predicted molar refractivity (Wildman–Crippen MR) is 115 cm³/mol. The molecule has 0 aliphatic carbocycles. The minimum absolute atomic E-state index is 0.0645. The lowest BCUT2D eigenvalue weighted by Gasteiger charge is -2.27. The number of ketones is 1. The van der Waals surface area contributed by atoms with E-state index >= 15 is 0 Å². The van der Waals surface area contributed by atoms with Gasteiger partial charge in [0.2, 0.25) is 11.7 Å². The number of primary amides is 1. The molecule has 7 nitrogen and oxygen atoms in total. The van der Waals surface area contributed by atoms with Gasteiger partial charge in [0.25, 0.3) is 0 Å². The number of amides is 1. The molecule has 2 aromatic carbocycles. The first-order chi connectivity index (χ1) is 15.1. The third kappa shape index (κ3) is 4.94. The second-order valence-corrected chi connectivity index (χ2v) is 7.90. The lowest BCUT2D eigenvalue weighted by atomic mass is 10.1. The van der Waals surface area contributed by atoms with E-state index in [4.69, 9.17) is 23.1 Å². The number of halogens is 4. The fourth-order valence-electron chi connectivity index (χ4n) is 2.78. The Balaban J connectivity index is 2.03. The lowest BCUT2D eigenvalue weighted by Crippen LogP contribution is -2.40. The monoisotopic (exact) mass is 484 g/mol. The van der Waals surface area contributed by atoms with Crippen molar-refractivity contribution in [3.63, 3.8) is 0 Å². The van der Waals surface area contributed by atoms with Crippen LogP contribution in [0.1, 0.15) is 22.2 Å². The highest BCUT2D eigenvalue weighted by Gasteiger charge is 2.28. The van der Waals surface area contributed by atoms with Crippen molar-refractivity contribution in [2.45, 2.75) is 19.6 Å². The molecule has 0 saturated carbocycles. The van der Waals surface area contributed by atoms with Crippen LogP contribution in [0.2, 0.25) is 5.02 Å². The van der Waals surface area contributed by atoms with Gasteiger partial charge in [0.1, 0.15) is 16.7 Å². The van der Waals surface area contributed by atoms with Gasteiger partial charge in [0, 0.05) is 22.3 Å². The summed E-state index contributed by atoms with van der Waals surface area (Å²) in [6.07, 6.45) is 0. The molecule has 1 aromatic heterocycles. The van der Waals surface area contributed by atoms with Crippen LogP contribution in [0.3, 0.4) is 0 Å². The summed E-state index contributed by atoms with van der Waals surface area (Å²) in [5, 5.41) is 0.523. The smallest absolute Gasteiger partial charge is 0.387 e. The molecule has 0 aliphatic heterocycles. The third-order valence-electron chi connectivity index (χ3n) is 4.37. The van der Waals surface area contributed by atoms with Crippen LogP contribution in [0.15, 0.2) is 42.5 Å². The number of carbonyl (C=O) groups is 2. The van der Waals surface area contributed by atoms with Gasteiger partial charge in [-0.25, -0.2) is 9.37 Å². The summed E-state index contributed by atoms with van der Waals surface area (Å²) in [5.41, 5.74) is 11.7. The Morgan fingerprint density at radius 1 is 1.19 bits per heavy atom. The molecule has 32 heavy (non-hydrogen) atoms. The van der Waals surface area contributed by atoms with E-state index in [0.29, 0.717) is 10.6 Å². The normalized spacial score (nSPS) is 11.9. The minimum atomic E-state index is -3.21. The highest BCUT2D eigenvalue weighted by atomic mass is 35.5. The van der Waals surface area contributed by atoms with Gasteiger partial charge in [-0.1, -0.05) is 22.9 Å². The number of nitrogens with two attached hydrogens (primary N) is 2. The van der Waals surface area contributed by atoms with Crippen molar-refractivity contribution in [2.24, 2.45) is 5.73 Å². The largest absolute Gasteiger partial charge is 0.432 e. The Morgan fingerprint density at radius 2 is 1.84 bits per heavy atom. The summed E-state index contributed by atoms with van der Waals surface area (Å²) in [6, 6.07) is 8.19. The number of aromatic nitrogens is 1. The number of alkyl halides is 2. The van der Waals surface area contributed by atoms with Gasteiger partial charge >= 0.3 is 6.61 Å². The molecule has 3 rings (SSSR count). The molecule has 0 spiro atoms. The number of nitrogens with zero attached hydrogens (tertiary/aromatic N) is 2. The molecule has 168 valence electrons. The van der Waals surface area contributed by atoms with Crippen molar-refractivity contribution < 1.29 is 27.5 Å². The van der Waals surface area contributed by atoms with E-state index in [1.54, 1.807) is 12.1 Å². The average Bonchev–Trinajstić information content (AvgIpc) is 3.10. The van der Waals surface area contributed by atoms with E-state index < -0.39 is 35.9 Å². The number of hydrogen-bond acceptors (Lipinski definition) is 7. The molecule has 0 radical (unpaired) electrons. The topological polar surface area (TPSA) is 112 Å². The van der Waals surface area contributed by atoms with Crippen LogP contribution < -0.4 is 21.1 Å². The van der Waals surface area contributed by atoms with E-state index in [0.717, 1.165) is 23.5 Å². The molecule has 1 amide bonds. The zero-order valence-corrected chi connectivity index (χ0v) is 18.0. The zero-order chi connectivity index (χ0) is 23.6. The van der Waals surface area contributed by atoms with Crippen LogP contribution >= 0.6 is 22.9 Å². The number of benzene rings is 2. The molecule has 1 unspecified atom stereocenters. The maximum atomic E-state index is 14.3. The van der Waals surface area contributed by atoms with Crippen LogP contribution in [0.5, 0.6) is 5.75 Å². The van der Waals surface area contributed by atoms with Crippen molar-refractivity contribution in [3.8, 4) is 5.75 Å². The highest BCUT2D eigenvalue weighted by molar-refractivity contribution is 7.18. The van der Waals surface area contributed by atoms with E-state index in [1.807, 2.05) is 0 Å². The average molecular weight is 485 g/mol. The van der Waals surface area contributed by atoms with Gasteiger partial charge in [-0.15, -0.1) is 0 Å². The van der Waals surface area contributed by atoms with Crippen LogP contribution in [0, 0.1) is 5.82 Å². The molecule has 0 saturated heterocycles. The number of anilines is 3. The van der Waals surface area contributed by atoms with Gasteiger partial charge in [-0.3, -0.25) is 9.59 Å². The molecular weight excluding hydrogens is 469 g/mol. The summed E-state index contributed by atoms with van der Waals surface area (Å²) >= 11 is 6.71. The fraction of sp³-hybridized carbons (Fsp3) is 0.150. The first-order valence-electron chi connectivity index (χ1n) is 8.98. The number of nitrogen functional groups attached to an aromatic ring is 1. The molecule has 4 N–H and O–H groups in total. The van der Waals surface area contributed by atoms with Crippen molar-refractivity contribution >= 4 is 51.3 Å². The molecule has 12 heteroatoms. The Hall–Kier alpha value is -3.31. The van der Waals surface area contributed by atoms with Crippen molar-refractivity contribution in [1.82, 2.24) is 4.98 Å². The second-order valence-electron chi connectivity index (χ2n) is 6.49. The SMILES string of the molecule is CC(C(N)=O)N(c1ccc(OC(F)F)c(F)c1)c1nc(N)c(C(=O)c2ccc(Cl)cc2)s1. The van der Waals surface area contributed by atoms with Crippen molar-refractivity contribution in [1.29, 1.82) is 0 Å². The molecule has 0 aliphatic rings. The van der Waals surface area contributed by atoms with Gasteiger partial charge in [-0.05, 0) is 43.3 Å². The standard InChI is InChI=1S/C20H16ClF3N4O3S/c1-9(18(26)30)28(12-6-7-14(13(22)8-12)31-19(23)24)20-27-17(25)16(32-20)15(29)10-2-4-11(21)5-3-10/h2-9,19H,25H2,1H3,(H2,26,30). The number of ether oxygens (including phenoxy) is 1. The van der Waals surface area contributed by atoms with Gasteiger partial charge in [0.05, 0.1) is 0 Å². The zero-order valence-electron chi connectivity index (χ0n) is 16.4. The summed E-state index contributed by atoms with van der Waals surface area (Å²) in [5.74, 6) is -3.08. The summed E-state index contributed by atoms with van der Waals surface area (Å²) in [6.45, 7) is -1.78. The Morgan fingerprint density at radius 3 is 2.41 bits per heavy atom. The number of hydrogen-bond donors (Lipinski definition) is 2. The maximum absolute atomic E-state index is 14.3. The molecule has 1 atom stereocenters. The van der Waals surface area contributed by atoms with Crippen LogP contribution in [-0.4, -0.2) is 29.3 Å². The van der Waals surface area contributed by atoms with E-state index in [2.05, 4.69) is 9.72 Å². The van der Waals surface area contributed by atoms with Crippen molar-refractivity contribution in [2.75, 3.05) is 10.6 Å². The Labute approximate surface area is 189 Å². The predicted octanol–water partition coefficient (Wildman–Crippen LogP) is 4.36. The Kier molecular flexibility index (Phi) is 6.90. The van der Waals surface area contributed by atoms with E-state index in [9.17, 15) is 22.8 Å². The molecule has 3 aromatic rings. The summed E-state index contributed by atoms with van der Waals surface area (Å²) in [4.78, 5) is 30.2. The molecule has 0 bridgehead atoms. The highest BCUT2D eigenvalue weighted by Crippen LogP contribution is 2.37.